The van der Waals surface area contributed by atoms with E-state index in [0.717, 1.165) is 0 Å². The number of rotatable bonds is 0. The zero-order valence-electron chi connectivity index (χ0n) is 9.21. The van der Waals surface area contributed by atoms with Crippen LogP contribution in [0.4, 0.5) is 0 Å². The second-order valence-corrected chi connectivity index (χ2v) is 1.52. The van der Waals surface area contributed by atoms with Gasteiger partial charge in [0, 0.05) is 33.5 Å². The first kappa shape index (κ1) is 36.0. The summed E-state index contributed by atoms with van der Waals surface area (Å²) in [5, 5.41) is 0. The molecule has 0 bridgehead atoms. The van der Waals surface area contributed by atoms with Crippen molar-refractivity contribution in [2.75, 3.05) is 0 Å². The molecule has 1 aromatic heterocycles. The molecule has 1 aromatic rings. The Hall–Kier alpha value is -1.46. The zero-order chi connectivity index (χ0) is 15.1. The third-order valence-electron chi connectivity index (χ3n) is 0.847. The molecule has 0 amide bonds. The average Bonchev–Trinajstić information content (AvgIpc) is 2.50. The molecule has 7 heteroatoms. The van der Waals surface area contributed by atoms with Gasteiger partial charge in [-0.05, 0) is 24.6 Å². The Labute approximate surface area is 120 Å². The van der Waals surface area contributed by atoms with E-state index in [2.05, 4.69) is 38.2 Å². The fourth-order valence-electron chi connectivity index (χ4n) is 0.426. The molecule has 0 saturated heterocycles. The van der Waals surface area contributed by atoms with Crippen LogP contribution in [-0.4, -0.2) is 4.98 Å². The van der Waals surface area contributed by atoms with Crippen LogP contribution >= 0.6 is 0 Å². The molecule has 0 aliphatic carbocycles. The van der Waals surface area contributed by atoms with E-state index in [0.29, 0.717) is 0 Å². The molecule has 0 aliphatic heterocycles. The summed E-state index contributed by atoms with van der Waals surface area (Å²) < 4.78 is 37.5. The van der Waals surface area contributed by atoms with Crippen molar-refractivity contribution in [3.8, 4) is 0 Å². The van der Waals surface area contributed by atoms with Crippen molar-refractivity contribution >= 4 is 0 Å². The summed E-state index contributed by atoms with van der Waals surface area (Å²) in [5.41, 5.74) is 1.26. The van der Waals surface area contributed by atoms with Crippen LogP contribution in [0, 0.1) is 40.2 Å². The molecule has 0 saturated carbocycles. The Morgan fingerprint density at radius 1 is 0.722 bits per heavy atom. The summed E-state index contributed by atoms with van der Waals surface area (Å²) in [7, 11) is 0. The third-order valence-corrected chi connectivity index (χ3v) is 0.847. The van der Waals surface area contributed by atoms with E-state index in [-0.39, 0.29) is 21.1 Å². The molecule has 1 heterocycles. The van der Waals surface area contributed by atoms with E-state index >= 15 is 0 Å². The Balaban J connectivity index is -0.0000000285. The van der Waals surface area contributed by atoms with Gasteiger partial charge in [0.2, 0.25) is 0 Å². The minimum Gasteiger partial charge on any atom is 0 e. The second kappa shape index (κ2) is 76.8. The first-order valence-corrected chi connectivity index (χ1v) is 3.28. The van der Waals surface area contributed by atoms with Gasteiger partial charge in [-0.25, -0.2) is 0 Å². The van der Waals surface area contributed by atoms with Crippen molar-refractivity contribution in [2.45, 2.75) is 6.92 Å². The summed E-state index contributed by atoms with van der Waals surface area (Å²) in [4.78, 5) is 3.85. The molecule has 0 aliphatic rings. The molecule has 18 heavy (non-hydrogen) atoms. The van der Waals surface area contributed by atoms with Crippen LogP contribution in [0.5, 0.6) is 0 Å². The number of hydrogen-bond donors (Lipinski definition) is 0. The summed E-state index contributed by atoms with van der Waals surface area (Å²) in [6, 6.07) is 3.94. The quantitative estimate of drug-likeness (QED) is 0.459. The van der Waals surface area contributed by atoms with Crippen molar-refractivity contribution in [3.63, 3.8) is 0 Å². The van der Waals surface area contributed by atoms with Crippen molar-refractivity contribution in [2.24, 2.45) is 0 Å². The van der Waals surface area contributed by atoms with Crippen LogP contribution in [0.15, 0.2) is 24.5 Å². The maximum atomic E-state index is 7.50. The van der Waals surface area contributed by atoms with Gasteiger partial charge in [0.1, 0.15) is 0 Å². The molecule has 0 aromatic carbocycles. The van der Waals surface area contributed by atoms with Gasteiger partial charge in [0.05, 0.1) is 0 Å². The number of nitrogens with zero attached hydrogens (tertiary/aromatic N) is 1. The molecule has 6 nitrogen and oxygen atoms in total. The van der Waals surface area contributed by atoms with Gasteiger partial charge in [-0.15, -0.1) is 0 Å². The molecule has 0 spiro atoms. The summed E-state index contributed by atoms with van der Waals surface area (Å²) >= 11 is 0. The van der Waals surface area contributed by atoms with Crippen LogP contribution in [-0.2, 0) is 44.3 Å². The van der Waals surface area contributed by atoms with Crippen molar-refractivity contribution in [3.05, 3.63) is 63.3 Å². The Bertz CT molecular complexity index is 281. The van der Waals surface area contributed by atoms with Gasteiger partial charge in [-0.1, -0.05) is 0 Å². The minimum atomic E-state index is 0. The molecular weight excluding hydrogens is 410 g/mol. The van der Waals surface area contributed by atoms with E-state index in [9.17, 15) is 0 Å². The minimum absolute atomic E-state index is 0. The van der Waals surface area contributed by atoms with Crippen molar-refractivity contribution in [1.82, 2.24) is 4.98 Å². The third kappa shape index (κ3) is 62.3. The number of aryl methyl sites for hydroxylation is 1. The van der Waals surface area contributed by atoms with E-state index < -0.39 is 0 Å². The van der Waals surface area contributed by atoms with Crippen LogP contribution in [0.1, 0.15) is 5.56 Å². The van der Waals surface area contributed by atoms with Gasteiger partial charge in [0.25, 0.3) is 0 Å². The summed E-state index contributed by atoms with van der Waals surface area (Å²) in [6.45, 7) is 24.5. The van der Waals surface area contributed by atoms with E-state index in [1.807, 2.05) is 19.1 Å². The SMILES string of the molecule is Cc1ccncc1.[C-]#[O+].[C-]#[O+].[C-]#[O+].[C-]#[O+].[C-]#[O+].[W]. The van der Waals surface area contributed by atoms with E-state index in [1.165, 1.54) is 5.56 Å². The molecule has 0 N–H and O–H groups in total. The zero-order valence-corrected chi connectivity index (χ0v) is 12.1. The van der Waals surface area contributed by atoms with Crippen LogP contribution in [0.2, 0.25) is 0 Å². The van der Waals surface area contributed by atoms with Crippen LogP contribution in [0.25, 0.3) is 0 Å². The van der Waals surface area contributed by atoms with Gasteiger partial charge >= 0.3 is 56.5 Å². The largest absolute Gasteiger partial charge is 0 e. The molecule has 1 rings (SSSR count). The van der Waals surface area contributed by atoms with E-state index in [4.69, 9.17) is 23.3 Å². The predicted molar refractivity (Wildman–Crippen MR) is 48.6 cm³/mol. The number of hydrogen-bond acceptors (Lipinski definition) is 1. The molecule has 0 radical (unpaired) electrons. The average molecular weight is 417 g/mol. The maximum Gasteiger partial charge on any atom is 0 e. The molecule has 0 unspecified atom stereocenters. The van der Waals surface area contributed by atoms with Crippen molar-refractivity contribution in [1.29, 1.82) is 0 Å². The van der Waals surface area contributed by atoms with Gasteiger partial charge in [-0.2, -0.15) is 0 Å². The van der Waals surface area contributed by atoms with Gasteiger partial charge < -0.3 is 0 Å². The molecule has 0 fully saturated rings. The predicted octanol–water partition coefficient (Wildman–Crippen LogP) is 1.20. The summed E-state index contributed by atoms with van der Waals surface area (Å²) in [6.07, 6.45) is 3.57. The van der Waals surface area contributed by atoms with Crippen LogP contribution < -0.4 is 0 Å². The second-order valence-electron chi connectivity index (χ2n) is 1.52. The van der Waals surface area contributed by atoms with Gasteiger partial charge in [0.15, 0.2) is 0 Å². The molecule has 92 valence electrons. The monoisotopic (exact) mass is 417 g/mol. The fourth-order valence-corrected chi connectivity index (χ4v) is 0.426. The fraction of sp³-hybridized carbons (Fsp3) is 0.0909. The maximum absolute atomic E-state index is 7.50. The van der Waals surface area contributed by atoms with Gasteiger partial charge in [-0.3, -0.25) is 4.98 Å². The first-order valence-electron chi connectivity index (χ1n) is 3.28. The summed E-state index contributed by atoms with van der Waals surface area (Å²) in [5.74, 6) is 0. The Morgan fingerprint density at radius 3 is 1.06 bits per heavy atom. The number of pyridine rings is 1. The van der Waals surface area contributed by atoms with E-state index in [1.54, 1.807) is 12.4 Å². The standard InChI is InChI=1S/C6H7N.5CO.W/c1-6-2-4-7-5-3-6;5*1-2;/h2-5H,1H3;;;;;;. The normalized spacial score (nSPS) is 3.94. The Kier molecular flexibility index (Phi) is 153. The topological polar surface area (TPSA) is 112 Å². The molecular formula is C11H7NO5W. The smallest absolute Gasteiger partial charge is 0 e. The molecule has 0 atom stereocenters. The first-order chi connectivity index (χ1) is 8.39. The Morgan fingerprint density at radius 2 is 0.944 bits per heavy atom. The van der Waals surface area contributed by atoms with Crippen LogP contribution in [0.3, 0.4) is 0 Å². The van der Waals surface area contributed by atoms with Crippen molar-refractivity contribution < 1.29 is 44.3 Å². The number of aromatic nitrogens is 1.